The molecule has 0 aliphatic rings. The van der Waals surface area contributed by atoms with Crippen LogP contribution in [0.3, 0.4) is 0 Å². The molecule has 4 nitrogen and oxygen atoms in total. The molecule has 0 saturated heterocycles. The van der Waals surface area contributed by atoms with Gasteiger partial charge in [0.2, 0.25) is 0 Å². The number of benzene rings is 1. The summed E-state index contributed by atoms with van der Waals surface area (Å²) in [5.74, 6) is 1.06. The summed E-state index contributed by atoms with van der Waals surface area (Å²) in [5, 5.41) is 2.77. The Kier molecular flexibility index (Phi) is 6.36. The van der Waals surface area contributed by atoms with Gasteiger partial charge in [-0.3, -0.25) is 4.79 Å². The largest absolute Gasteiger partial charge is 0.483 e. The maximum Gasteiger partial charge on any atom is 0.257 e. The second-order valence-electron chi connectivity index (χ2n) is 4.98. The topological polar surface area (TPSA) is 64.3 Å². The molecule has 0 saturated carbocycles. The molecule has 19 heavy (non-hydrogen) atoms. The van der Waals surface area contributed by atoms with E-state index in [9.17, 15) is 4.79 Å². The highest BCUT2D eigenvalue weighted by Gasteiger charge is 2.09. The summed E-state index contributed by atoms with van der Waals surface area (Å²) in [5.41, 5.74) is 7.62. The Morgan fingerprint density at radius 1 is 1.42 bits per heavy atom. The SMILES string of the molecule is Cc1ccc(C(C)C)c(OCC(=O)NCCCN)c1. The van der Waals surface area contributed by atoms with Gasteiger partial charge in [0.05, 0.1) is 0 Å². The number of rotatable bonds is 7. The summed E-state index contributed by atoms with van der Waals surface area (Å²) in [7, 11) is 0. The Morgan fingerprint density at radius 2 is 2.16 bits per heavy atom. The minimum absolute atomic E-state index is 0.0493. The molecule has 0 fully saturated rings. The van der Waals surface area contributed by atoms with Crippen molar-refractivity contribution in [3.05, 3.63) is 29.3 Å². The third kappa shape index (κ3) is 5.30. The van der Waals surface area contributed by atoms with E-state index in [4.69, 9.17) is 10.5 Å². The van der Waals surface area contributed by atoms with E-state index in [1.807, 2.05) is 13.0 Å². The average Bonchev–Trinajstić information content (AvgIpc) is 2.36. The van der Waals surface area contributed by atoms with Gasteiger partial charge in [-0.05, 0) is 43.0 Å². The molecule has 1 aromatic rings. The first-order chi connectivity index (χ1) is 9.04. The number of carbonyl (C=O) groups is 1. The molecular weight excluding hydrogens is 240 g/mol. The number of aryl methyl sites for hydroxylation is 1. The normalized spacial score (nSPS) is 10.6. The highest BCUT2D eigenvalue weighted by atomic mass is 16.5. The number of carbonyl (C=O) groups excluding carboxylic acids is 1. The first-order valence-corrected chi connectivity index (χ1v) is 6.74. The summed E-state index contributed by atoms with van der Waals surface area (Å²) >= 11 is 0. The predicted molar refractivity (Wildman–Crippen MR) is 77.4 cm³/mol. The van der Waals surface area contributed by atoms with Crippen LogP contribution >= 0.6 is 0 Å². The predicted octanol–water partition coefficient (Wildman–Crippen LogP) is 1.96. The molecular formula is C15H24N2O2. The lowest BCUT2D eigenvalue weighted by Gasteiger charge is -2.14. The molecule has 1 rings (SSSR count). The molecule has 3 N–H and O–H groups in total. The molecule has 106 valence electrons. The number of amides is 1. The van der Waals surface area contributed by atoms with E-state index in [-0.39, 0.29) is 12.5 Å². The fraction of sp³-hybridized carbons (Fsp3) is 0.533. The second-order valence-corrected chi connectivity index (χ2v) is 4.98. The minimum Gasteiger partial charge on any atom is -0.483 e. The van der Waals surface area contributed by atoms with E-state index in [2.05, 4.69) is 31.3 Å². The van der Waals surface area contributed by atoms with Crippen molar-refractivity contribution in [2.45, 2.75) is 33.1 Å². The van der Waals surface area contributed by atoms with Crippen molar-refractivity contribution in [1.29, 1.82) is 0 Å². The van der Waals surface area contributed by atoms with Gasteiger partial charge in [0.25, 0.3) is 5.91 Å². The van der Waals surface area contributed by atoms with Gasteiger partial charge in [-0.15, -0.1) is 0 Å². The van der Waals surface area contributed by atoms with Crippen molar-refractivity contribution in [2.75, 3.05) is 19.7 Å². The number of nitrogens with one attached hydrogen (secondary N) is 1. The van der Waals surface area contributed by atoms with E-state index in [1.54, 1.807) is 0 Å². The first-order valence-electron chi connectivity index (χ1n) is 6.74. The molecule has 0 heterocycles. The van der Waals surface area contributed by atoms with Crippen LogP contribution in [-0.2, 0) is 4.79 Å². The zero-order chi connectivity index (χ0) is 14.3. The molecule has 0 radical (unpaired) electrons. The zero-order valence-corrected chi connectivity index (χ0v) is 12.0. The molecule has 1 amide bonds. The van der Waals surface area contributed by atoms with Gasteiger partial charge >= 0.3 is 0 Å². The molecule has 1 aromatic carbocycles. The highest BCUT2D eigenvalue weighted by Crippen LogP contribution is 2.27. The highest BCUT2D eigenvalue weighted by molar-refractivity contribution is 5.77. The molecule has 0 aliphatic heterocycles. The van der Waals surface area contributed by atoms with Crippen LogP contribution in [-0.4, -0.2) is 25.6 Å². The molecule has 0 aliphatic carbocycles. The van der Waals surface area contributed by atoms with Gasteiger partial charge in [-0.1, -0.05) is 26.0 Å². The van der Waals surface area contributed by atoms with Crippen molar-refractivity contribution in [3.8, 4) is 5.75 Å². The summed E-state index contributed by atoms with van der Waals surface area (Å²) < 4.78 is 5.63. The quantitative estimate of drug-likeness (QED) is 0.740. The zero-order valence-electron chi connectivity index (χ0n) is 12.0. The van der Waals surface area contributed by atoms with Crippen LogP contribution in [0.4, 0.5) is 0 Å². The van der Waals surface area contributed by atoms with Crippen molar-refractivity contribution in [2.24, 2.45) is 5.73 Å². The van der Waals surface area contributed by atoms with Crippen LogP contribution in [0.5, 0.6) is 5.75 Å². The number of nitrogens with two attached hydrogens (primary N) is 1. The maximum absolute atomic E-state index is 11.6. The molecule has 0 bridgehead atoms. The lowest BCUT2D eigenvalue weighted by molar-refractivity contribution is -0.123. The van der Waals surface area contributed by atoms with Crippen molar-refractivity contribution >= 4 is 5.91 Å². The molecule has 4 heteroatoms. The number of hydrogen-bond donors (Lipinski definition) is 2. The van der Waals surface area contributed by atoms with Gasteiger partial charge in [0.15, 0.2) is 6.61 Å². The van der Waals surface area contributed by atoms with E-state index >= 15 is 0 Å². The monoisotopic (exact) mass is 264 g/mol. The van der Waals surface area contributed by atoms with Crippen molar-refractivity contribution in [1.82, 2.24) is 5.32 Å². The van der Waals surface area contributed by atoms with Crippen LogP contribution < -0.4 is 15.8 Å². The van der Waals surface area contributed by atoms with Gasteiger partial charge in [-0.2, -0.15) is 0 Å². The van der Waals surface area contributed by atoms with Crippen molar-refractivity contribution in [3.63, 3.8) is 0 Å². The lowest BCUT2D eigenvalue weighted by Crippen LogP contribution is -2.30. The fourth-order valence-electron chi connectivity index (χ4n) is 1.77. The van der Waals surface area contributed by atoms with E-state index < -0.39 is 0 Å². The first kappa shape index (κ1) is 15.5. The minimum atomic E-state index is -0.107. The molecule has 0 spiro atoms. The van der Waals surface area contributed by atoms with E-state index in [1.165, 1.54) is 0 Å². The Hall–Kier alpha value is -1.55. The second kappa shape index (κ2) is 7.79. The van der Waals surface area contributed by atoms with Gasteiger partial charge in [0.1, 0.15) is 5.75 Å². The van der Waals surface area contributed by atoms with E-state index in [0.717, 1.165) is 23.3 Å². The summed E-state index contributed by atoms with van der Waals surface area (Å²) in [6.45, 7) is 7.46. The van der Waals surface area contributed by atoms with Crippen LogP contribution in [0.2, 0.25) is 0 Å². The molecule has 0 aromatic heterocycles. The Balaban J connectivity index is 2.56. The Morgan fingerprint density at radius 3 is 2.79 bits per heavy atom. The molecule has 0 atom stereocenters. The molecule has 0 unspecified atom stereocenters. The van der Waals surface area contributed by atoms with Crippen LogP contribution in [0.25, 0.3) is 0 Å². The Labute approximate surface area is 115 Å². The average molecular weight is 264 g/mol. The van der Waals surface area contributed by atoms with Crippen molar-refractivity contribution < 1.29 is 9.53 Å². The smallest absolute Gasteiger partial charge is 0.257 e. The third-order valence-corrected chi connectivity index (χ3v) is 2.85. The van der Waals surface area contributed by atoms with Gasteiger partial charge in [0, 0.05) is 6.54 Å². The summed E-state index contributed by atoms with van der Waals surface area (Å²) in [6.07, 6.45) is 0.785. The fourth-order valence-corrected chi connectivity index (χ4v) is 1.77. The third-order valence-electron chi connectivity index (χ3n) is 2.85. The maximum atomic E-state index is 11.6. The summed E-state index contributed by atoms with van der Waals surface area (Å²) in [6, 6.07) is 6.09. The van der Waals surface area contributed by atoms with E-state index in [0.29, 0.717) is 19.0 Å². The lowest BCUT2D eigenvalue weighted by atomic mass is 10.0. The summed E-state index contributed by atoms with van der Waals surface area (Å²) in [4.78, 5) is 11.6. The van der Waals surface area contributed by atoms with Crippen LogP contribution in [0.1, 0.15) is 37.3 Å². The van der Waals surface area contributed by atoms with Gasteiger partial charge < -0.3 is 15.8 Å². The Bertz CT molecular complexity index is 417. The van der Waals surface area contributed by atoms with Gasteiger partial charge in [-0.25, -0.2) is 0 Å². The van der Waals surface area contributed by atoms with Crippen LogP contribution in [0, 0.1) is 6.92 Å². The number of ether oxygens (including phenoxy) is 1. The number of hydrogen-bond acceptors (Lipinski definition) is 3. The standard InChI is InChI=1S/C15H24N2O2/c1-11(2)13-6-5-12(3)9-14(13)19-10-15(18)17-8-4-7-16/h5-6,9,11H,4,7-8,10,16H2,1-3H3,(H,17,18). The van der Waals surface area contributed by atoms with Crippen LogP contribution in [0.15, 0.2) is 18.2 Å².